The predicted octanol–water partition coefficient (Wildman–Crippen LogP) is 0.353. The molecule has 4 heteroatoms. The molecule has 0 radical (unpaired) electrons. The summed E-state index contributed by atoms with van der Waals surface area (Å²) in [6, 6.07) is 0. The fraction of sp³-hybridized carbons (Fsp3) is 0. The van der Waals surface area contributed by atoms with E-state index in [1.165, 1.54) is 0 Å². The fourth-order valence-electron chi connectivity index (χ4n) is 0.720. The molecule has 9 heavy (non-hydrogen) atoms. The summed E-state index contributed by atoms with van der Waals surface area (Å²) in [5.41, 5.74) is 0.852. The number of aromatic nitrogens is 4. The van der Waals surface area contributed by atoms with Crippen molar-refractivity contribution in [1.29, 1.82) is 0 Å². The summed E-state index contributed by atoms with van der Waals surface area (Å²) in [4.78, 5) is 2.90. The van der Waals surface area contributed by atoms with Crippen molar-refractivity contribution in [2.45, 2.75) is 0 Å². The van der Waals surface area contributed by atoms with Crippen LogP contribution in [0.15, 0.2) is 18.6 Å². The van der Waals surface area contributed by atoms with Crippen LogP contribution in [0.25, 0.3) is 10.9 Å². The van der Waals surface area contributed by atoms with Crippen molar-refractivity contribution in [3.63, 3.8) is 0 Å². The Morgan fingerprint density at radius 3 is 3.22 bits per heavy atom. The Balaban J connectivity index is 2.95. The molecular formula is C5H4N4. The minimum atomic E-state index is 0.852. The number of H-pyrrole nitrogens is 1. The third-order valence-corrected chi connectivity index (χ3v) is 1.16. The molecule has 44 valence electrons. The summed E-state index contributed by atoms with van der Waals surface area (Å²) in [6.45, 7) is 0. The van der Waals surface area contributed by atoms with E-state index in [1.807, 2.05) is 6.20 Å². The highest BCUT2D eigenvalue weighted by Gasteiger charge is 1.90. The van der Waals surface area contributed by atoms with Gasteiger partial charge in [-0.15, -0.1) is 10.2 Å². The molecule has 1 N–H and O–H groups in total. The minimum Gasteiger partial charge on any atom is -0.365 e. The standard InChI is InChI=1S/C5H4N4/c1-4-2-7-9-8-5(4)3-6-1/h1-3,6H. The van der Waals surface area contributed by atoms with Crippen molar-refractivity contribution in [2.75, 3.05) is 0 Å². The van der Waals surface area contributed by atoms with Gasteiger partial charge in [0.1, 0.15) is 5.52 Å². The highest BCUT2D eigenvalue weighted by Crippen LogP contribution is 2.03. The molecule has 0 spiro atoms. The van der Waals surface area contributed by atoms with E-state index in [2.05, 4.69) is 20.4 Å². The van der Waals surface area contributed by atoms with Gasteiger partial charge in [0.05, 0.1) is 6.20 Å². The van der Waals surface area contributed by atoms with Crippen LogP contribution in [0.3, 0.4) is 0 Å². The zero-order valence-corrected chi connectivity index (χ0v) is 4.57. The molecule has 0 saturated carbocycles. The van der Waals surface area contributed by atoms with Gasteiger partial charge in [-0.3, -0.25) is 0 Å². The topological polar surface area (TPSA) is 54.5 Å². The highest BCUT2D eigenvalue weighted by molar-refractivity contribution is 5.75. The number of nitrogens with zero attached hydrogens (tertiary/aromatic N) is 3. The predicted molar refractivity (Wildman–Crippen MR) is 31.7 cm³/mol. The molecule has 0 aliphatic heterocycles. The maximum atomic E-state index is 3.75. The summed E-state index contributed by atoms with van der Waals surface area (Å²) in [5, 5.41) is 11.8. The Morgan fingerprint density at radius 1 is 1.33 bits per heavy atom. The van der Waals surface area contributed by atoms with E-state index >= 15 is 0 Å². The first-order chi connectivity index (χ1) is 4.47. The second-order valence-electron chi connectivity index (χ2n) is 1.73. The molecule has 0 aromatic carbocycles. The van der Waals surface area contributed by atoms with Crippen LogP contribution in [-0.2, 0) is 0 Å². The van der Waals surface area contributed by atoms with Gasteiger partial charge in [-0.1, -0.05) is 0 Å². The summed E-state index contributed by atoms with van der Waals surface area (Å²) < 4.78 is 0. The second kappa shape index (κ2) is 1.51. The van der Waals surface area contributed by atoms with Gasteiger partial charge in [0.2, 0.25) is 0 Å². The minimum absolute atomic E-state index is 0.852. The summed E-state index contributed by atoms with van der Waals surface area (Å²) >= 11 is 0. The van der Waals surface area contributed by atoms with Crippen molar-refractivity contribution in [1.82, 2.24) is 20.4 Å². The average Bonchev–Trinajstić information content (AvgIpc) is 2.33. The van der Waals surface area contributed by atoms with Crippen molar-refractivity contribution >= 4 is 10.9 Å². The van der Waals surface area contributed by atoms with E-state index in [4.69, 9.17) is 0 Å². The molecule has 0 atom stereocenters. The van der Waals surface area contributed by atoms with Crippen LogP contribution < -0.4 is 0 Å². The first kappa shape index (κ1) is 4.43. The molecule has 2 heterocycles. The lowest BCUT2D eigenvalue weighted by Crippen LogP contribution is -1.82. The average molecular weight is 120 g/mol. The number of fused-ring (bicyclic) bond motifs is 1. The maximum Gasteiger partial charge on any atom is 0.114 e. The summed E-state index contributed by atoms with van der Waals surface area (Å²) in [7, 11) is 0. The smallest absolute Gasteiger partial charge is 0.114 e. The van der Waals surface area contributed by atoms with Gasteiger partial charge in [-0.25, -0.2) is 0 Å². The van der Waals surface area contributed by atoms with E-state index < -0.39 is 0 Å². The molecule has 0 fully saturated rings. The van der Waals surface area contributed by atoms with Crippen molar-refractivity contribution in [3.05, 3.63) is 18.6 Å². The van der Waals surface area contributed by atoms with Crippen LogP contribution in [-0.4, -0.2) is 20.4 Å². The summed E-state index contributed by atoms with van der Waals surface area (Å²) in [6.07, 6.45) is 5.28. The number of nitrogens with one attached hydrogen (secondary N) is 1. The number of hydrogen-bond acceptors (Lipinski definition) is 3. The fourth-order valence-corrected chi connectivity index (χ4v) is 0.720. The van der Waals surface area contributed by atoms with Gasteiger partial charge in [-0.05, 0) is 5.21 Å². The van der Waals surface area contributed by atoms with Gasteiger partial charge in [-0.2, -0.15) is 0 Å². The monoisotopic (exact) mass is 120 g/mol. The van der Waals surface area contributed by atoms with E-state index in [9.17, 15) is 0 Å². The van der Waals surface area contributed by atoms with Gasteiger partial charge < -0.3 is 4.98 Å². The van der Waals surface area contributed by atoms with Crippen LogP contribution >= 0.6 is 0 Å². The highest BCUT2D eigenvalue weighted by atomic mass is 15.3. The number of hydrogen-bond donors (Lipinski definition) is 1. The molecule has 0 amide bonds. The van der Waals surface area contributed by atoms with Crippen LogP contribution in [0.5, 0.6) is 0 Å². The van der Waals surface area contributed by atoms with E-state index in [0.29, 0.717) is 0 Å². The quantitative estimate of drug-likeness (QED) is 0.545. The molecule has 0 saturated heterocycles. The van der Waals surface area contributed by atoms with Crippen LogP contribution in [0.2, 0.25) is 0 Å². The summed E-state index contributed by atoms with van der Waals surface area (Å²) in [5.74, 6) is 0. The third kappa shape index (κ3) is 0.561. The van der Waals surface area contributed by atoms with Crippen LogP contribution in [0.4, 0.5) is 0 Å². The Labute approximate surface area is 50.9 Å². The first-order valence-corrected chi connectivity index (χ1v) is 2.58. The maximum absolute atomic E-state index is 3.75. The molecule has 4 nitrogen and oxygen atoms in total. The lowest BCUT2D eigenvalue weighted by atomic mass is 10.4. The van der Waals surface area contributed by atoms with Gasteiger partial charge >= 0.3 is 0 Å². The zero-order chi connectivity index (χ0) is 6.10. The Kier molecular flexibility index (Phi) is 0.745. The Morgan fingerprint density at radius 2 is 2.33 bits per heavy atom. The molecular weight excluding hydrogens is 116 g/mol. The largest absolute Gasteiger partial charge is 0.365 e. The SMILES string of the molecule is c1nnnc2c[nH]cc12. The molecule has 2 rings (SSSR count). The first-order valence-electron chi connectivity index (χ1n) is 2.58. The zero-order valence-electron chi connectivity index (χ0n) is 4.57. The molecule has 2 aromatic rings. The van der Waals surface area contributed by atoms with Gasteiger partial charge in [0.15, 0.2) is 0 Å². The van der Waals surface area contributed by atoms with Crippen molar-refractivity contribution < 1.29 is 0 Å². The van der Waals surface area contributed by atoms with Crippen molar-refractivity contribution in [3.8, 4) is 0 Å². The van der Waals surface area contributed by atoms with E-state index in [1.54, 1.807) is 12.4 Å². The molecule has 0 unspecified atom stereocenters. The van der Waals surface area contributed by atoms with Crippen LogP contribution in [0.1, 0.15) is 0 Å². The molecule has 0 aliphatic rings. The second-order valence-corrected chi connectivity index (χ2v) is 1.73. The third-order valence-electron chi connectivity index (χ3n) is 1.16. The Hall–Kier alpha value is -1.45. The van der Waals surface area contributed by atoms with E-state index in [-0.39, 0.29) is 0 Å². The molecule has 0 aliphatic carbocycles. The molecule has 2 aromatic heterocycles. The van der Waals surface area contributed by atoms with Gasteiger partial charge in [0.25, 0.3) is 0 Å². The normalized spacial score (nSPS) is 10.2. The van der Waals surface area contributed by atoms with Crippen molar-refractivity contribution in [2.24, 2.45) is 0 Å². The number of aromatic amines is 1. The lowest BCUT2D eigenvalue weighted by Gasteiger charge is -1.78. The Bertz CT molecular complexity index is 283. The molecule has 0 bridgehead atoms. The number of rotatable bonds is 0. The van der Waals surface area contributed by atoms with Crippen LogP contribution in [0, 0.1) is 0 Å². The lowest BCUT2D eigenvalue weighted by molar-refractivity contribution is 0.896. The van der Waals surface area contributed by atoms with E-state index in [0.717, 1.165) is 10.9 Å². The van der Waals surface area contributed by atoms with Gasteiger partial charge in [0, 0.05) is 17.8 Å².